The first-order chi connectivity index (χ1) is 8.76. The van der Waals surface area contributed by atoms with Crippen LogP contribution in [0.15, 0.2) is 30.4 Å². The second-order valence-corrected chi connectivity index (χ2v) is 4.48. The molecule has 1 aliphatic rings. The minimum Gasteiger partial charge on any atom is -0.497 e. The van der Waals surface area contributed by atoms with Crippen molar-refractivity contribution in [3.05, 3.63) is 35.9 Å². The zero-order chi connectivity index (χ0) is 13.0. The third-order valence-electron chi connectivity index (χ3n) is 3.24. The third kappa shape index (κ3) is 2.67. The van der Waals surface area contributed by atoms with E-state index >= 15 is 0 Å². The van der Waals surface area contributed by atoms with Crippen LogP contribution < -0.4 is 9.47 Å². The summed E-state index contributed by atoms with van der Waals surface area (Å²) in [5.41, 5.74) is 1.05. The van der Waals surface area contributed by atoms with Gasteiger partial charge in [0.05, 0.1) is 26.9 Å². The molecule has 0 saturated carbocycles. The topological polar surface area (TPSA) is 27.7 Å². The molecule has 0 N–H and O–H groups in total. The Kier molecular flexibility index (Phi) is 4.26. The summed E-state index contributed by atoms with van der Waals surface area (Å²) in [6.45, 7) is 2.90. The molecule has 0 bridgehead atoms. The molecule has 0 unspecified atom stereocenters. The fourth-order valence-electron chi connectivity index (χ4n) is 2.26. The van der Waals surface area contributed by atoms with Crippen LogP contribution in [0.2, 0.25) is 0 Å². The molecule has 0 amide bonds. The summed E-state index contributed by atoms with van der Waals surface area (Å²) >= 11 is 0. The van der Waals surface area contributed by atoms with Crippen molar-refractivity contribution in [3.8, 4) is 11.5 Å². The number of methoxy groups -OCH3 is 2. The Balaban J connectivity index is 2.37. The van der Waals surface area contributed by atoms with Gasteiger partial charge in [-0.05, 0) is 24.6 Å². The largest absolute Gasteiger partial charge is 0.497 e. The van der Waals surface area contributed by atoms with Gasteiger partial charge in [0, 0.05) is 11.5 Å². The minimum absolute atomic E-state index is 0.0220. The normalized spacial score (nSPS) is 23.5. The van der Waals surface area contributed by atoms with E-state index in [1.807, 2.05) is 18.2 Å². The number of hydrogen-bond acceptors (Lipinski definition) is 3. The van der Waals surface area contributed by atoms with Gasteiger partial charge < -0.3 is 14.2 Å². The van der Waals surface area contributed by atoms with Crippen LogP contribution in [0.4, 0.5) is 0 Å². The summed E-state index contributed by atoms with van der Waals surface area (Å²) in [6, 6.07) is 5.83. The molecule has 0 aromatic heterocycles. The summed E-state index contributed by atoms with van der Waals surface area (Å²) in [7, 11) is 3.35. The van der Waals surface area contributed by atoms with E-state index in [1.54, 1.807) is 14.2 Å². The maximum Gasteiger partial charge on any atom is 0.124 e. The van der Waals surface area contributed by atoms with Crippen molar-refractivity contribution in [2.24, 2.45) is 5.92 Å². The molecule has 0 spiro atoms. The third-order valence-corrected chi connectivity index (χ3v) is 3.24. The molecule has 1 aromatic carbocycles. The van der Waals surface area contributed by atoms with Gasteiger partial charge in [-0.3, -0.25) is 0 Å². The highest BCUT2D eigenvalue weighted by molar-refractivity contribution is 5.42. The van der Waals surface area contributed by atoms with E-state index in [-0.39, 0.29) is 6.10 Å². The average Bonchev–Trinajstić information content (AvgIpc) is 2.62. The second-order valence-electron chi connectivity index (χ2n) is 4.48. The van der Waals surface area contributed by atoms with E-state index in [1.165, 1.54) is 0 Å². The van der Waals surface area contributed by atoms with Crippen molar-refractivity contribution in [1.82, 2.24) is 0 Å². The fourth-order valence-corrected chi connectivity index (χ4v) is 2.26. The summed E-state index contributed by atoms with van der Waals surface area (Å²) in [4.78, 5) is 0. The van der Waals surface area contributed by atoms with Gasteiger partial charge in [-0.25, -0.2) is 0 Å². The summed E-state index contributed by atoms with van der Waals surface area (Å²) in [6.07, 6.45) is 5.37. The van der Waals surface area contributed by atoms with E-state index in [4.69, 9.17) is 14.2 Å². The predicted octanol–water partition coefficient (Wildman–Crippen LogP) is 3.36. The monoisotopic (exact) mass is 248 g/mol. The highest BCUT2D eigenvalue weighted by Gasteiger charge is 2.23. The van der Waals surface area contributed by atoms with E-state index in [0.29, 0.717) is 5.92 Å². The Hall–Kier alpha value is -1.48. The summed E-state index contributed by atoms with van der Waals surface area (Å²) in [5, 5.41) is 0. The lowest BCUT2D eigenvalue weighted by Gasteiger charge is -2.23. The molecular weight excluding hydrogens is 228 g/mol. The maximum atomic E-state index is 5.95. The Morgan fingerprint density at radius 1 is 1.22 bits per heavy atom. The van der Waals surface area contributed by atoms with Crippen LogP contribution in [0.25, 0.3) is 0 Å². The lowest BCUT2D eigenvalue weighted by molar-refractivity contribution is 0.0347. The van der Waals surface area contributed by atoms with Gasteiger partial charge in [-0.15, -0.1) is 0 Å². The number of ether oxygens (including phenoxy) is 3. The van der Waals surface area contributed by atoms with Crippen molar-refractivity contribution in [3.63, 3.8) is 0 Å². The van der Waals surface area contributed by atoms with Crippen LogP contribution in [-0.4, -0.2) is 20.8 Å². The molecule has 1 aliphatic heterocycles. The molecule has 2 rings (SSSR count). The van der Waals surface area contributed by atoms with Gasteiger partial charge in [-0.1, -0.05) is 19.1 Å². The van der Waals surface area contributed by atoms with Gasteiger partial charge in [0.25, 0.3) is 0 Å². The van der Waals surface area contributed by atoms with Gasteiger partial charge in [0.15, 0.2) is 0 Å². The Bertz CT molecular complexity index is 426. The smallest absolute Gasteiger partial charge is 0.124 e. The molecule has 0 fully saturated rings. The average molecular weight is 248 g/mol. The molecule has 18 heavy (non-hydrogen) atoms. The molecule has 3 nitrogen and oxygen atoms in total. The SMILES string of the molecule is COc1ccc(OC)c([C@@H]2OCCC=C[C@H]2C)c1. The lowest BCUT2D eigenvalue weighted by Crippen LogP contribution is -2.12. The maximum absolute atomic E-state index is 5.95. The predicted molar refractivity (Wildman–Crippen MR) is 71.2 cm³/mol. The molecular formula is C15H20O3. The summed E-state index contributed by atoms with van der Waals surface area (Å²) < 4.78 is 16.7. The zero-order valence-corrected chi connectivity index (χ0v) is 11.2. The van der Waals surface area contributed by atoms with Crippen molar-refractivity contribution in [1.29, 1.82) is 0 Å². The first-order valence-electron chi connectivity index (χ1n) is 6.26. The van der Waals surface area contributed by atoms with Crippen molar-refractivity contribution in [2.75, 3.05) is 20.8 Å². The minimum atomic E-state index is 0.0220. The lowest BCUT2D eigenvalue weighted by atomic mass is 9.96. The molecule has 1 aromatic rings. The second kappa shape index (κ2) is 5.91. The van der Waals surface area contributed by atoms with Crippen molar-refractivity contribution >= 4 is 0 Å². The van der Waals surface area contributed by atoms with Gasteiger partial charge in [-0.2, -0.15) is 0 Å². The van der Waals surface area contributed by atoms with Crippen LogP contribution in [0.5, 0.6) is 11.5 Å². The van der Waals surface area contributed by atoms with Crippen LogP contribution in [0.3, 0.4) is 0 Å². The number of benzene rings is 1. The molecule has 3 heteroatoms. The van der Waals surface area contributed by atoms with Crippen LogP contribution in [0, 0.1) is 5.92 Å². The zero-order valence-electron chi connectivity index (χ0n) is 11.2. The van der Waals surface area contributed by atoms with E-state index < -0.39 is 0 Å². The highest BCUT2D eigenvalue weighted by atomic mass is 16.5. The fraction of sp³-hybridized carbons (Fsp3) is 0.467. The van der Waals surface area contributed by atoms with Crippen molar-refractivity contribution in [2.45, 2.75) is 19.4 Å². The van der Waals surface area contributed by atoms with E-state index in [2.05, 4.69) is 19.1 Å². The Labute approximate surface area is 108 Å². The molecule has 1 heterocycles. The molecule has 98 valence electrons. The highest BCUT2D eigenvalue weighted by Crippen LogP contribution is 2.37. The van der Waals surface area contributed by atoms with Crippen LogP contribution in [0.1, 0.15) is 25.0 Å². The van der Waals surface area contributed by atoms with Crippen LogP contribution >= 0.6 is 0 Å². The Morgan fingerprint density at radius 2 is 2.06 bits per heavy atom. The molecule has 0 saturated heterocycles. The number of hydrogen-bond donors (Lipinski definition) is 0. The Morgan fingerprint density at radius 3 is 2.78 bits per heavy atom. The van der Waals surface area contributed by atoms with Crippen LogP contribution in [-0.2, 0) is 4.74 Å². The van der Waals surface area contributed by atoms with Gasteiger partial charge in [0.2, 0.25) is 0 Å². The molecule has 2 atom stereocenters. The quantitative estimate of drug-likeness (QED) is 0.768. The van der Waals surface area contributed by atoms with E-state index in [9.17, 15) is 0 Å². The van der Waals surface area contributed by atoms with Gasteiger partial charge >= 0.3 is 0 Å². The summed E-state index contributed by atoms with van der Waals surface area (Å²) in [5.74, 6) is 2.01. The first-order valence-corrected chi connectivity index (χ1v) is 6.26. The molecule has 0 radical (unpaired) electrons. The standard InChI is InChI=1S/C15H20O3/c1-11-6-4-5-9-18-15(11)13-10-12(16-2)7-8-14(13)17-3/h4,6-8,10-11,15H,5,9H2,1-3H3/t11-,15-/m1/s1. The first kappa shape index (κ1) is 13.0. The van der Waals surface area contributed by atoms with Gasteiger partial charge in [0.1, 0.15) is 11.5 Å². The van der Waals surface area contributed by atoms with E-state index in [0.717, 1.165) is 30.1 Å². The molecule has 0 aliphatic carbocycles. The number of rotatable bonds is 3. The van der Waals surface area contributed by atoms with Crippen molar-refractivity contribution < 1.29 is 14.2 Å².